The third-order valence-corrected chi connectivity index (χ3v) is 4.28. The van der Waals surface area contributed by atoms with E-state index in [9.17, 15) is 4.79 Å². The average Bonchev–Trinajstić information content (AvgIpc) is 2.48. The van der Waals surface area contributed by atoms with Crippen LogP contribution in [-0.4, -0.2) is 14.4 Å². The molecule has 0 atom stereocenters. The van der Waals surface area contributed by atoms with Gasteiger partial charge in [-0.25, -0.2) is 9.78 Å². The molecule has 1 aromatic carbocycles. The zero-order valence-corrected chi connectivity index (χ0v) is 12.7. The fourth-order valence-electron chi connectivity index (χ4n) is 2.14. The first-order valence-corrected chi connectivity index (χ1v) is 7.67. The first kappa shape index (κ1) is 13.8. The van der Waals surface area contributed by atoms with Crippen LogP contribution in [0.15, 0.2) is 52.5 Å². The Kier molecular flexibility index (Phi) is 3.75. The van der Waals surface area contributed by atoms with Crippen LogP contribution in [0.3, 0.4) is 0 Å². The zero-order chi connectivity index (χ0) is 14.8. The molecule has 4 nitrogen and oxygen atoms in total. The van der Waals surface area contributed by atoms with Crippen LogP contribution in [0, 0.1) is 13.8 Å². The molecule has 0 fully saturated rings. The van der Waals surface area contributed by atoms with Crippen LogP contribution in [0.4, 0.5) is 0 Å². The summed E-state index contributed by atoms with van der Waals surface area (Å²) < 4.78 is 1.48. The van der Waals surface area contributed by atoms with Crippen molar-refractivity contribution in [2.75, 3.05) is 0 Å². The van der Waals surface area contributed by atoms with E-state index in [2.05, 4.69) is 29.0 Å². The van der Waals surface area contributed by atoms with Crippen molar-refractivity contribution in [1.29, 1.82) is 0 Å². The lowest BCUT2D eigenvalue weighted by Crippen LogP contribution is -2.19. The van der Waals surface area contributed by atoms with Gasteiger partial charge in [0.15, 0.2) is 5.16 Å². The summed E-state index contributed by atoms with van der Waals surface area (Å²) in [5.74, 6) is 0.758. The smallest absolute Gasteiger partial charge is 0.251 e. The molecule has 0 aliphatic rings. The van der Waals surface area contributed by atoms with E-state index in [1.807, 2.05) is 31.2 Å². The number of hydrogen-bond acceptors (Lipinski definition) is 4. The molecule has 106 valence electrons. The summed E-state index contributed by atoms with van der Waals surface area (Å²) in [5.41, 5.74) is 3.82. The van der Waals surface area contributed by atoms with E-state index >= 15 is 0 Å². The molecule has 5 heteroatoms. The fraction of sp³-hybridized carbons (Fsp3) is 0.188. The molecule has 0 aliphatic carbocycles. The number of aryl methyl sites for hydroxylation is 2. The molecule has 0 saturated heterocycles. The van der Waals surface area contributed by atoms with Crippen LogP contribution >= 0.6 is 11.8 Å². The third kappa shape index (κ3) is 2.83. The number of rotatable bonds is 3. The molecule has 21 heavy (non-hydrogen) atoms. The summed E-state index contributed by atoms with van der Waals surface area (Å²) >= 11 is 1.49. The Balaban J connectivity index is 1.93. The third-order valence-electron chi connectivity index (χ3n) is 3.38. The Morgan fingerprint density at radius 3 is 2.62 bits per heavy atom. The average molecular weight is 297 g/mol. The van der Waals surface area contributed by atoms with E-state index < -0.39 is 0 Å². The van der Waals surface area contributed by atoms with Gasteiger partial charge in [0.1, 0.15) is 5.65 Å². The zero-order valence-electron chi connectivity index (χ0n) is 11.9. The van der Waals surface area contributed by atoms with Crippen molar-refractivity contribution in [3.05, 3.63) is 69.8 Å². The van der Waals surface area contributed by atoms with Gasteiger partial charge < -0.3 is 0 Å². The Morgan fingerprint density at radius 1 is 1.05 bits per heavy atom. The van der Waals surface area contributed by atoms with Crippen LogP contribution in [0.25, 0.3) is 5.65 Å². The Bertz CT molecular complexity index is 858. The van der Waals surface area contributed by atoms with Gasteiger partial charge in [0.25, 0.3) is 0 Å². The predicted molar refractivity (Wildman–Crippen MR) is 84.7 cm³/mol. The van der Waals surface area contributed by atoms with Crippen LogP contribution < -0.4 is 5.69 Å². The van der Waals surface area contributed by atoms with Gasteiger partial charge in [0.05, 0.1) is 0 Å². The number of pyridine rings is 1. The standard InChI is InChI=1S/C16H15N3OS/c1-11-6-3-4-8-13(11)10-21-15-17-14-12(2)7-5-9-19(14)16(20)18-15/h3-9H,10H2,1-2H3. The van der Waals surface area contributed by atoms with Crippen molar-refractivity contribution < 1.29 is 0 Å². The van der Waals surface area contributed by atoms with E-state index in [1.54, 1.807) is 6.20 Å². The van der Waals surface area contributed by atoms with Crippen LogP contribution in [0.2, 0.25) is 0 Å². The minimum Gasteiger partial charge on any atom is -0.251 e. The molecule has 0 N–H and O–H groups in total. The highest BCUT2D eigenvalue weighted by Crippen LogP contribution is 2.21. The lowest BCUT2D eigenvalue weighted by atomic mass is 10.1. The van der Waals surface area contributed by atoms with Gasteiger partial charge in [0, 0.05) is 11.9 Å². The summed E-state index contributed by atoms with van der Waals surface area (Å²) in [7, 11) is 0. The highest BCUT2D eigenvalue weighted by atomic mass is 32.2. The number of thioether (sulfide) groups is 1. The van der Waals surface area contributed by atoms with Gasteiger partial charge in [-0.15, -0.1) is 0 Å². The largest absolute Gasteiger partial charge is 0.355 e. The van der Waals surface area contributed by atoms with Crippen LogP contribution in [0.1, 0.15) is 16.7 Å². The van der Waals surface area contributed by atoms with Crippen LogP contribution in [-0.2, 0) is 5.75 Å². The molecule has 0 amide bonds. The number of benzene rings is 1. The van der Waals surface area contributed by atoms with Gasteiger partial charge in [-0.3, -0.25) is 4.40 Å². The van der Waals surface area contributed by atoms with Gasteiger partial charge in [-0.2, -0.15) is 4.98 Å². The Morgan fingerprint density at radius 2 is 1.81 bits per heavy atom. The molecule has 0 spiro atoms. The van der Waals surface area contributed by atoms with Crippen molar-refractivity contribution in [2.45, 2.75) is 24.8 Å². The van der Waals surface area contributed by atoms with E-state index in [0.717, 1.165) is 11.3 Å². The van der Waals surface area contributed by atoms with E-state index in [0.29, 0.717) is 10.8 Å². The lowest BCUT2D eigenvalue weighted by molar-refractivity contribution is 0.842. The molecule has 0 saturated carbocycles. The maximum atomic E-state index is 12.0. The minimum atomic E-state index is -0.281. The molecule has 2 aromatic heterocycles. The molecule has 0 radical (unpaired) electrons. The quantitative estimate of drug-likeness (QED) is 0.697. The fourth-order valence-corrected chi connectivity index (χ4v) is 3.04. The second kappa shape index (κ2) is 5.69. The monoisotopic (exact) mass is 297 g/mol. The summed E-state index contributed by atoms with van der Waals surface area (Å²) in [6.45, 7) is 4.02. The normalized spacial score (nSPS) is 11.0. The van der Waals surface area contributed by atoms with Crippen molar-refractivity contribution in [3.8, 4) is 0 Å². The molecular weight excluding hydrogens is 282 g/mol. The topological polar surface area (TPSA) is 47.3 Å². The minimum absolute atomic E-state index is 0.281. The molecule has 0 bridgehead atoms. The van der Waals surface area contributed by atoms with Gasteiger partial charge in [-0.1, -0.05) is 42.1 Å². The molecule has 0 aliphatic heterocycles. The maximum Gasteiger partial charge on any atom is 0.355 e. The number of hydrogen-bond donors (Lipinski definition) is 0. The SMILES string of the molecule is Cc1ccccc1CSc1nc(=O)n2cccc(C)c2n1. The summed E-state index contributed by atoms with van der Waals surface area (Å²) in [5, 5.41) is 0.526. The first-order chi connectivity index (χ1) is 10.1. The second-order valence-electron chi connectivity index (χ2n) is 4.89. The van der Waals surface area contributed by atoms with E-state index in [4.69, 9.17) is 0 Å². The van der Waals surface area contributed by atoms with Crippen molar-refractivity contribution in [1.82, 2.24) is 14.4 Å². The van der Waals surface area contributed by atoms with Gasteiger partial charge in [-0.05, 0) is 36.6 Å². The lowest BCUT2D eigenvalue weighted by Gasteiger charge is -2.06. The van der Waals surface area contributed by atoms with Gasteiger partial charge >= 0.3 is 5.69 Å². The second-order valence-corrected chi connectivity index (χ2v) is 5.83. The van der Waals surface area contributed by atoms with E-state index in [1.165, 1.54) is 27.3 Å². The summed E-state index contributed by atoms with van der Waals surface area (Å²) in [6, 6.07) is 12.0. The molecular formula is C16H15N3OS. The number of nitrogens with zero attached hydrogens (tertiary/aromatic N) is 3. The molecule has 2 heterocycles. The Hall–Kier alpha value is -2.14. The van der Waals surface area contributed by atoms with Crippen molar-refractivity contribution >= 4 is 17.4 Å². The van der Waals surface area contributed by atoms with Crippen molar-refractivity contribution in [3.63, 3.8) is 0 Å². The molecule has 3 aromatic rings. The number of aromatic nitrogens is 3. The highest BCUT2D eigenvalue weighted by molar-refractivity contribution is 7.98. The maximum absolute atomic E-state index is 12.0. The molecule has 0 unspecified atom stereocenters. The first-order valence-electron chi connectivity index (χ1n) is 6.68. The predicted octanol–water partition coefficient (Wildman–Crippen LogP) is 3.00. The van der Waals surface area contributed by atoms with Crippen LogP contribution in [0.5, 0.6) is 0 Å². The van der Waals surface area contributed by atoms with E-state index in [-0.39, 0.29) is 5.69 Å². The molecule has 3 rings (SSSR count). The highest BCUT2D eigenvalue weighted by Gasteiger charge is 2.07. The Labute approximate surface area is 126 Å². The number of fused-ring (bicyclic) bond motifs is 1. The summed E-state index contributed by atoms with van der Waals surface area (Å²) in [4.78, 5) is 20.6. The van der Waals surface area contributed by atoms with Gasteiger partial charge in [0.2, 0.25) is 0 Å². The van der Waals surface area contributed by atoms with Crippen molar-refractivity contribution in [2.24, 2.45) is 0 Å². The summed E-state index contributed by atoms with van der Waals surface area (Å²) in [6.07, 6.45) is 1.69.